The van der Waals surface area contributed by atoms with Gasteiger partial charge in [-0.25, -0.2) is 0 Å². The van der Waals surface area contributed by atoms with Gasteiger partial charge >= 0.3 is 0 Å². The molecule has 0 N–H and O–H groups in total. The Hall–Kier alpha value is -1.03. The third-order valence-corrected chi connectivity index (χ3v) is 4.25. The normalized spacial score (nSPS) is 17.2. The van der Waals surface area contributed by atoms with Crippen LogP contribution in [0.4, 0.5) is 0 Å². The van der Waals surface area contributed by atoms with Gasteiger partial charge in [-0.15, -0.1) is 0 Å². The number of fused-ring (bicyclic) bond motifs is 1. The topological polar surface area (TPSA) is 17.4 Å². The van der Waals surface area contributed by atoms with Crippen molar-refractivity contribution in [2.45, 2.75) is 26.4 Å². The SMILES string of the molecule is CC(C)n1cc(CN2CCOCC2)c2c(Cl)cccc21. The Morgan fingerprint density at radius 3 is 2.70 bits per heavy atom. The van der Waals surface area contributed by atoms with Crippen LogP contribution >= 0.6 is 11.6 Å². The minimum atomic E-state index is 0.439. The molecule has 0 unspecified atom stereocenters. The maximum Gasteiger partial charge on any atom is 0.0594 e. The quantitative estimate of drug-likeness (QED) is 0.858. The molecule has 0 atom stereocenters. The van der Waals surface area contributed by atoms with E-state index in [-0.39, 0.29) is 0 Å². The van der Waals surface area contributed by atoms with Gasteiger partial charge in [0.05, 0.1) is 23.8 Å². The lowest BCUT2D eigenvalue weighted by atomic mass is 10.1. The van der Waals surface area contributed by atoms with E-state index in [4.69, 9.17) is 16.3 Å². The highest BCUT2D eigenvalue weighted by Crippen LogP contribution is 2.31. The molecular weight excluding hydrogens is 272 g/mol. The number of hydrogen-bond donors (Lipinski definition) is 0. The van der Waals surface area contributed by atoms with E-state index in [0.29, 0.717) is 6.04 Å². The first-order valence-corrected chi connectivity index (χ1v) is 7.62. The monoisotopic (exact) mass is 292 g/mol. The molecule has 1 aliphatic rings. The smallest absolute Gasteiger partial charge is 0.0594 e. The van der Waals surface area contributed by atoms with Gasteiger partial charge in [0, 0.05) is 37.3 Å². The minimum absolute atomic E-state index is 0.439. The second-order valence-corrected chi connectivity index (χ2v) is 6.09. The average Bonchev–Trinajstić information content (AvgIpc) is 2.80. The first-order valence-electron chi connectivity index (χ1n) is 7.25. The van der Waals surface area contributed by atoms with E-state index in [1.165, 1.54) is 16.5 Å². The molecule has 2 aromatic rings. The highest BCUT2D eigenvalue weighted by atomic mass is 35.5. The molecule has 0 saturated carbocycles. The van der Waals surface area contributed by atoms with Gasteiger partial charge in [-0.3, -0.25) is 4.90 Å². The molecule has 4 heteroatoms. The Balaban J connectivity index is 2.01. The van der Waals surface area contributed by atoms with Crippen LogP contribution in [0.5, 0.6) is 0 Å². The lowest BCUT2D eigenvalue weighted by Crippen LogP contribution is -2.35. The summed E-state index contributed by atoms with van der Waals surface area (Å²) in [6.45, 7) is 9.02. The van der Waals surface area contributed by atoms with E-state index >= 15 is 0 Å². The molecule has 0 radical (unpaired) electrons. The molecule has 1 saturated heterocycles. The van der Waals surface area contributed by atoms with Crippen molar-refractivity contribution in [3.63, 3.8) is 0 Å². The van der Waals surface area contributed by atoms with Gasteiger partial charge in [0.15, 0.2) is 0 Å². The second-order valence-electron chi connectivity index (χ2n) is 5.68. The highest BCUT2D eigenvalue weighted by molar-refractivity contribution is 6.35. The summed E-state index contributed by atoms with van der Waals surface area (Å²) in [7, 11) is 0. The van der Waals surface area contributed by atoms with Crippen LogP contribution in [0.2, 0.25) is 5.02 Å². The first-order chi connectivity index (χ1) is 9.66. The van der Waals surface area contributed by atoms with E-state index in [0.717, 1.165) is 37.9 Å². The van der Waals surface area contributed by atoms with Crippen molar-refractivity contribution in [2.75, 3.05) is 26.3 Å². The summed E-state index contributed by atoms with van der Waals surface area (Å²) in [5.74, 6) is 0. The van der Waals surface area contributed by atoms with Crippen molar-refractivity contribution in [3.05, 3.63) is 35.0 Å². The van der Waals surface area contributed by atoms with Crippen LogP contribution in [0.15, 0.2) is 24.4 Å². The number of rotatable bonds is 3. The Morgan fingerprint density at radius 1 is 1.25 bits per heavy atom. The summed E-state index contributed by atoms with van der Waals surface area (Å²) < 4.78 is 7.74. The third kappa shape index (κ3) is 2.58. The molecular formula is C16H21ClN2O. The molecule has 2 heterocycles. The van der Waals surface area contributed by atoms with Crippen LogP contribution < -0.4 is 0 Å². The van der Waals surface area contributed by atoms with Crippen LogP contribution in [0.1, 0.15) is 25.5 Å². The van der Waals surface area contributed by atoms with E-state index in [2.05, 4.69) is 35.6 Å². The lowest BCUT2D eigenvalue weighted by Gasteiger charge is -2.26. The molecule has 1 fully saturated rings. The molecule has 1 aromatic carbocycles. The summed E-state index contributed by atoms with van der Waals surface area (Å²) in [4.78, 5) is 2.44. The molecule has 108 valence electrons. The molecule has 0 aliphatic carbocycles. The zero-order valence-electron chi connectivity index (χ0n) is 12.1. The summed E-state index contributed by atoms with van der Waals surface area (Å²) in [5, 5.41) is 2.06. The number of morpholine rings is 1. The van der Waals surface area contributed by atoms with E-state index in [1.54, 1.807) is 0 Å². The number of aromatic nitrogens is 1. The Bertz CT molecular complexity index is 600. The molecule has 1 aromatic heterocycles. The van der Waals surface area contributed by atoms with E-state index in [1.807, 2.05) is 12.1 Å². The fourth-order valence-corrected chi connectivity index (χ4v) is 3.19. The molecule has 0 bridgehead atoms. The number of nitrogens with zero attached hydrogens (tertiary/aromatic N) is 2. The zero-order valence-corrected chi connectivity index (χ0v) is 12.9. The fourth-order valence-electron chi connectivity index (χ4n) is 2.90. The van der Waals surface area contributed by atoms with Crippen molar-refractivity contribution in [1.82, 2.24) is 9.47 Å². The maximum atomic E-state index is 6.44. The van der Waals surface area contributed by atoms with Gasteiger partial charge in [0.25, 0.3) is 0 Å². The van der Waals surface area contributed by atoms with Crippen LogP contribution in [-0.4, -0.2) is 35.8 Å². The molecule has 0 spiro atoms. The highest BCUT2D eigenvalue weighted by Gasteiger charge is 2.17. The van der Waals surface area contributed by atoms with Crippen molar-refractivity contribution >= 4 is 22.5 Å². The van der Waals surface area contributed by atoms with Gasteiger partial charge in [-0.1, -0.05) is 17.7 Å². The molecule has 1 aliphatic heterocycles. The predicted octanol–water partition coefficient (Wildman–Crippen LogP) is 3.71. The number of ether oxygens (including phenoxy) is 1. The average molecular weight is 293 g/mol. The van der Waals surface area contributed by atoms with Gasteiger partial charge in [-0.2, -0.15) is 0 Å². The zero-order chi connectivity index (χ0) is 14.1. The molecule has 3 nitrogen and oxygen atoms in total. The Kier molecular flexibility index (Phi) is 4.01. The summed E-state index contributed by atoms with van der Waals surface area (Å²) in [5.41, 5.74) is 2.55. The summed E-state index contributed by atoms with van der Waals surface area (Å²) >= 11 is 6.44. The number of hydrogen-bond acceptors (Lipinski definition) is 2. The van der Waals surface area contributed by atoms with Crippen LogP contribution in [0, 0.1) is 0 Å². The fraction of sp³-hybridized carbons (Fsp3) is 0.500. The molecule has 20 heavy (non-hydrogen) atoms. The van der Waals surface area contributed by atoms with E-state index < -0.39 is 0 Å². The Labute approximate surface area is 125 Å². The largest absolute Gasteiger partial charge is 0.379 e. The van der Waals surface area contributed by atoms with Gasteiger partial charge in [0.2, 0.25) is 0 Å². The van der Waals surface area contributed by atoms with Gasteiger partial charge in [0.1, 0.15) is 0 Å². The maximum absolute atomic E-state index is 6.44. The second kappa shape index (κ2) is 5.76. The van der Waals surface area contributed by atoms with Gasteiger partial charge < -0.3 is 9.30 Å². The summed E-state index contributed by atoms with van der Waals surface area (Å²) in [6.07, 6.45) is 2.26. The van der Waals surface area contributed by atoms with Crippen LogP contribution in [-0.2, 0) is 11.3 Å². The minimum Gasteiger partial charge on any atom is -0.379 e. The molecule has 0 amide bonds. The standard InChI is InChI=1S/C16H21ClN2O/c1-12(2)19-11-13(10-18-6-8-20-9-7-18)16-14(17)4-3-5-15(16)19/h3-5,11-12H,6-10H2,1-2H3. The third-order valence-electron chi connectivity index (χ3n) is 3.94. The lowest BCUT2D eigenvalue weighted by molar-refractivity contribution is 0.0343. The van der Waals surface area contributed by atoms with Crippen molar-refractivity contribution in [3.8, 4) is 0 Å². The van der Waals surface area contributed by atoms with Gasteiger partial charge in [-0.05, 0) is 31.5 Å². The van der Waals surface area contributed by atoms with Crippen molar-refractivity contribution < 1.29 is 4.74 Å². The Morgan fingerprint density at radius 2 is 2.00 bits per heavy atom. The van der Waals surface area contributed by atoms with Crippen molar-refractivity contribution in [1.29, 1.82) is 0 Å². The van der Waals surface area contributed by atoms with Crippen LogP contribution in [0.25, 0.3) is 10.9 Å². The van der Waals surface area contributed by atoms with Crippen molar-refractivity contribution in [2.24, 2.45) is 0 Å². The number of halogens is 1. The molecule has 3 rings (SSSR count). The first kappa shape index (κ1) is 13.9. The number of benzene rings is 1. The summed E-state index contributed by atoms with van der Waals surface area (Å²) in [6, 6.07) is 6.61. The predicted molar refractivity (Wildman–Crippen MR) is 83.4 cm³/mol. The van der Waals surface area contributed by atoms with E-state index in [9.17, 15) is 0 Å². The van der Waals surface area contributed by atoms with Crippen LogP contribution in [0.3, 0.4) is 0 Å².